The van der Waals surface area contributed by atoms with Crippen molar-refractivity contribution in [3.8, 4) is 0 Å². The third-order valence-corrected chi connectivity index (χ3v) is 0.950. The molecular formula is C6H11N3O4. The summed E-state index contributed by atoms with van der Waals surface area (Å²) >= 11 is 0. The van der Waals surface area contributed by atoms with Gasteiger partial charge in [0.1, 0.15) is 6.54 Å². The molecule has 2 amide bonds. The fourth-order valence-corrected chi connectivity index (χ4v) is 0.486. The largest absolute Gasteiger partial charge is 0.480 e. The Bertz CT molecular complexity index is 216. The van der Waals surface area contributed by atoms with Crippen molar-refractivity contribution >= 4 is 17.8 Å². The number of carbonyl (C=O) groups excluding carboxylic acids is 2. The monoisotopic (exact) mass is 189 g/mol. The van der Waals surface area contributed by atoms with Crippen molar-refractivity contribution in [1.29, 1.82) is 0 Å². The zero-order chi connectivity index (χ0) is 10.3. The third kappa shape index (κ3) is 8.27. The van der Waals surface area contributed by atoms with Gasteiger partial charge in [-0.05, 0) is 0 Å². The second kappa shape index (κ2) is 5.95. The van der Waals surface area contributed by atoms with Crippen LogP contribution in [-0.2, 0) is 14.4 Å². The van der Waals surface area contributed by atoms with E-state index in [9.17, 15) is 14.4 Å². The number of carboxylic acid groups (broad SMARTS) is 1. The second-order valence-corrected chi connectivity index (χ2v) is 2.21. The molecule has 7 nitrogen and oxygen atoms in total. The van der Waals surface area contributed by atoms with Gasteiger partial charge in [-0.2, -0.15) is 0 Å². The third-order valence-electron chi connectivity index (χ3n) is 0.950. The van der Waals surface area contributed by atoms with Crippen molar-refractivity contribution < 1.29 is 19.5 Å². The number of hydrogen-bond donors (Lipinski definition) is 4. The van der Waals surface area contributed by atoms with E-state index < -0.39 is 18.4 Å². The Morgan fingerprint density at radius 3 is 2.31 bits per heavy atom. The maximum absolute atomic E-state index is 10.7. The van der Waals surface area contributed by atoms with E-state index in [0.717, 1.165) is 0 Å². The summed E-state index contributed by atoms with van der Waals surface area (Å²) in [6.45, 7) is 0.690. The topological polar surface area (TPSA) is 108 Å². The fraction of sp³-hybridized carbons (Fsp3) is 0.500. The predicted octanol–water partition coefficient (Wildman–Crippen LogP) is -2.17. The Labute approximate surface area is 74.5 Å². The van der Waals surface area contributed by atoms with Gasteiger partial charge >= 0.3 is 5.97 Å². The van der Waals surface area contributed by atoms with E-state index >= 15 is 0 Å². The predicted molar refractivity (Wildman–Crippen MR) is 42.5 cm³/mol. The molecule has 0 aromatic carbocycles. The Hall–Kier alpha value is -1.63. The zero-order valence-corrected chi connectivity index (χ0v) is 7.09. The van der Waals surface area contributed by atoms with Gasteiger partial charge in [0.25, 0.3) is 0 Å². The van der Waals surface area contributed by atoms with Crippen LogP contribution in [0.15, 0.2) is 0 Å². The van der Waals surface area contributed by atoms with Crippen molar-refractivity contribution in [2.45, 2.75) is 6.92 Å². The van der Waals surface area contributed by atoms with E-state index in [2.05, 4.69) is 16.2 Å². The lowest BCUT2D eigenvalue weighted by atomic mass is 10.5. The smallest absolute Gasteiger partial charge is 0.322 e. The van der Waals surface area contributed by atoms with Crippen LogP contribution in [0.4, 0.5) is 0 Å². The number of amides is 2. The zero-order valence-electron chi connectivity index (χ0n) is 7.09. The summed E-state index contributed by atoms with van der Waals surface area (Å²) in [5.41, 5.74) is 4.47. The minimum Gasteiger partial charge on any atom is -0.480 e. The quantitative estimate of drug-likeness (QED) is 0.368. The van der Waals surface area contributed by atoms with Crippen molar-refractivity contribution in [3.63, 3.8) is 0 Å². The fourth-order valence-electron chi connectivity index (χ4n) is 0.486. The molecule has 7 heteroatoms. The number of carboxylic acids is 1. The van der Waals surface area contributed by atoms with Crippen molar-refractivity contribution in [1.82, 2.24) is 16.2 Å². The molecule has 0 fully saturated rings. The minimum absolute atomic E-state index is 0.160. The number of nitrogens with one attached hydrogen (secondary N) is 3. The summed E-state index contributed by atoms with van der Waals surface area (Å²) in [5.74, 6) is -1.95. The highest BCUT2D eigenvalue weighted by Crippen LogP contribution is 1.64. The molecule has 0 saturated carbocycles. The van der Waals surface area contributed by atoms with Gasteiger partial charge in [-0.1, -0.05) is 0 Å². The maximum Gasteiger partial charge on any atom is 0.322 e. The molecule has 0 bridgehead atoms. The highest BCUT2D eigenvalue weighted by atomic mass is 16.4. The molecule has 0 heterocycles. The lowest BCUT2D eigenvalue weighted by molar-refractivity contribution is -0.137. The molecule has 13 heavy (non-hydrogen) atoms. The lowest BCUT2D eigenvalue weighted by Gasteiger charge is -2.04. The summed E-state index contributed by atoms with van der Waals surface area (Å²) in [5, 5.41) is 10.3. The highest BCUT2D eigenvalue weighted by molar-refractivity contribution is 5.82. The maximum atomic E-state index is 10.7. The van der Waals surface area contributed by atoms with Gasteiger partial charge in [-0.15, -0.1) is 0 Å². The number of hydrazine groups is 1. The average molecular weight is 189 g/mol. The highest BCUT2D eigenvalue weighted by Gasteiger charge is 2.02. The summed E-state index contributed by atoms with van der Waals surface area (Å²) < 4.78 is 0. The van der Waals surface area contributed by atoms with Crippen LogP contribution in [-0.4, -0.2) is 36.0 Å². The first-order valence-corrected chi connectivity index (χ1v) is 3.50. The number of aliphatic carboxylic acids is 1. The second-order valence-electron chi connectivity index (χ2n) is 2.21. The Balaban J connectivity index is 3.41. The summed E-state index contributed by atoms with van der Waals surface area (Å²) in [6.07, 6.45) is 0. The van der Waals surface area contributed by atoms with E-state index in [1.165, 1.54) is 6.92 Å². The van der Waals surface area contributed by atoms with Gasteiger partial charge in [-0.3, -0.25) is 19.8 Å². The first-order valence-electron chi connectivity index (χ1n) is 3.50. The van der Waals surface area contributed by atoms with Crippen LogP contribution >= 0.6 is 0 Å². The van der Waals surface area contributed by atoms with Gasteiger partial charge in [0.05, 0.1) is 6.54 Å². The molecule has 4 N–H and O–H groups in total. The van der Waals surface area contributed by atoms with Gasteiger partial charge < -0.3 is 10.4 Å². The molecule has 0 aromatic rings. The standard InChI is InChI=1S/C6H11N3O4/c1-4(10)9-8-2-5(11)7-3-6(12)13/h8H,2-3H2,1H3,(H,7,11)(H,9,10)(H,12,13). The van der Waals surface area contributed by atoms with Crippen LogP contribution in [0.5, 0.6) is 0 Å². The van der Waals surface area contributed by atoms with Crippen molar-refractivity contribution in [2.24, 2.45) is 0 Å². The molecule has 0 unspecified atom stereocenters. The molecule has 0 aromatic heterocycles. The van der Waals surface area contributed by atoms with Crippen LogP contribution in [0.1, 0.15) is 6.92 Å². The number of rotatable bonds is 5. The Morgan fingerprint density at radius 1 is 1.23 bits per heavy atom. The molecule has 74 valence electrons. The van der Waals surface area contributed by atoms with Crippen LogP contribution in [0.3, 0.4) is 0 Å². The Morgan fingerprint density at radius 2 is 1.85 bits per heavy atom. The molecular weight excluding hydrogens is 178 g/mol. The molecule has 0 atom stereocenters. The molecule has 0 aliphatic heterocycles. The summed E-state index contributed by atoms with van der Waals surface area (Å²) in [6, 6.07) is 0. The van der Waals surface area contributed by atoms with E-state index in [1.54, 1.807) is 0 Å². The number of hydrogen-bond acceptors (Lipinski definition) is 4. The summed E-state index contributed by atoms with van der Waals surface area (Å²) in [4.78, 5) is 31.0. The summed E-state index contributed by atoms with van der Waals surface area (Å²) in [7, 11) is 0. The van der Waals surface area contributed by atoms with E-state index in [4.69, 9.17) is 5.11 Å². The van der Waals surface area contributed by atoms with Crippen LogP contribution in [0.2, 0.25) is 0 Å². The number of carbonyl (C=O) groups is 3. The van der Waals surface area contributed by atoms with Crippen LogP contribution < -0.4 is 16.2 Å². The van der Waals surface area contributed by atoms with Crippen molar-refractivity contribution in [3.05, 3.63) is 0 Å². The van der Waals surface area contributed by atoms with Crippen LogP contribution in [0, 0.1) is 0 Å². The van der Waals surface area contributed by atoms with Gasteiger partial charge in [0, 0.05) is 6.92 Å². The van der Waals surface area contributed by atoms with E-state index in [0.29, 0.717) is 0 Å². The molecule has 0 aliphatic rings. The van der Waals surface area contributed by atoms with Crippen LogP contribution in [0.25, 0.3) is 0 Å². The molecule has 0 spiro atoms. The first kappa shape index (κ1) is 11.4. The lowest BCUT2D eigenvalue weighted by Crippen LogP contribution is -2.43. The van der Waals surface area contributed by atoms with E-state index in [-0.39, 0.29) is 12.5 Å². The van der Waals surface area contributed by atoms with Crippen molar-refractivity contribution in [2.75, 3.05) is 13.1 Å². The van der Waals surface area contributed by atoms with Gasteiger partial charge in [0.15, 0.2) is 0 Å². The SMILES string of the molecule is CC(=O)NNCC(=O)NCC(=O)O. The molecule has 0 saturated heterocycles. The minimum atomic E-state index is -1.12. The Kier molecular flexibility index (Phi) is 5.20. The average Bonchev–Trinajstić information content (AvgIpc) is 2.00. The van der Waals surface area contributed by atoms with Gasteiger partial charge in [0.2, 0.25) is 11.8 Å². The normalized spacial score (nSPS) is 9.00. The molecule has 0 aliphatic carbocycles. The molecule has 0 radical (unpaired) electrons. The molecule has 0 rings (SSSR count). The van der Waals surface area contributed by atoms with E-state index in [1.807, 2.05) is 0 Å². The van der Waals surface area contributed by atoms with Gasteiger partial charge in [-0.25, -0.2) is 5.43 Å². The first-order chi connectivity index (χ1) is 6.02.